The van der Waals surface area contributed by atoms with Crippen LogP contribution < -0.4 is 4.74 Å². The van der Waals surface area contributed by atoms with E-state index in [9.17, 15) is 18.0 Å². The van der Waals surface area contributed by atoms with Crippen LogP contribution >= 0.6 is 0 Å². The molecule has 1 N–H and O–H groups in total. The molecule has 0 aliphatic heterocycles. The number of carboxylic acids is 1. The van der Waals surface area contributed by atoms with Gasteiger partial charge in [0.05, 0.1) is 5.56 Å². The lowest BCUT2D eigenvalue weighted by molar-refractivity contribution is -0.0505. The predicted octanol–water partition coefficient (Wildman–Crippen LogP) is 2.43. The monoisotopic (exact) mass is 220 g/mol. The molecule has 0 saturated carbocycles. The van der Waals surface area contributed by atoms with Gasteiger partial charge in [-0.3, -0.25) is 0 Å². The molecule has 82 valence electrons. The third-order valence-electron chi connectivity index (χ3n) is 1.77. The van der Waals surface area contributed by atoms with Gasteiger partial charge in [0.1, 0.15) is 11.6 Å². The molecular formula is C9H7F3O3. The van der Waals surface area contributed by atoms with Crippen molar-refractivity contribution in [1.29, 1.82) is 0 Å². The maximum Gasteiger partial charge on any atom is 0.387 e. The minimum atomic E-state index is -3.12. The van der Waals surface area contributed by atoms with Crippen molar-refractivity contribution in [2.75, 3.05) is 0 Å². The van der Waals surface area contributed by atoms with Crippen molar-refractivity contribution in [3.8, 4) is 5.75 Å². The van der Waals surface area contributed by atoms with E-state index in [1.54, 1.807) is 0 Å². The summed E-state index contributed by atoms with van der Waals surface area (Å²) >= 11 is 0. The molecule has 0 radical (unpaired) electrons. The SMILES string of the molecule is Cc1c(OC(F)F)cc(F)cc1C(=O)O. The Morgan fingerprint density at radius 2 is 2.07 bits per heavy atom. The summed E-state index contributed by atoms with van der Waals surface area (Å²) < 4.78 is 40.6. The summed E-state index contributed by atoms with van der Waals surface area (Å²) in [5, 5.41) is 8.64. The number of halogens is 3. The topological polar surface area (TPSA) is 46.5 Å². The first-order chi connectivity index (χ1) is 6.91. The van der Waals surface area contributed by atoms with E-state index in [2.05, 4.69) is 4.74 Å². The quantitative estimate of drug-likeness (QED) is 0.850. The van der Waals surface area contributed by atoms with E-state index >= 15 is 0 Å². The summed E-state index contributed by atoms with van der Waals surface area (Å²) in [6.07, 6.45) is 0. The van der Waals surface area contributed by atoms with Gasteiger partial charge in [0.25, 0.3) is 0 Å². The molecule has 0 spiro atoms. The molecule has 0 aliphatic rings. The highest BCUT2D eigenvalue weighted by Gasteiger charge is 2.16. The number of carbonyl (C=O) groups is 1. The lowest BCUT2D eigenvalue weighted by Gasteiger charge is -2.09. The van der Waals surface area contributed by atoms with Crippen molar-refractivity contribution in [3.05, 3.63) is 29.1 Å². The zero-order valence-corrected chi connectivity index (χ0v) is 7.63. The van der Waals surface area contributed by atoms with E-state index in [1.807, 2.05) is 0 Å². The molecule has 0 aromatic heterocycles. The Kier molecular flexibility index (Phi) is 3.18. The molecule has 3 nitrogen and oxygen atoms in total. The lowest BCUT2D eigenvalue weighted by Crippen LogP contribution is -2.07. The van der Waals surface area contributed by atoms with E-state index in [4.69, 9.17) is 5.11 Å². The largest absolute Gasteiger partial charge is 0.478 e. The maximum atomic E-state index is 12.8. The van der Waals surface area contributed by atoms with Crippen LogP contribution in [0.2, 0.25) is 0 Å². The van der Waals surface area contributed by atoms with Gasteiger partial charge in [0, 0.05) is 11.6 Å². The summed E-state index contributed by atoms with van der Waals surface area (Å²) in [4.78, 5) is 10.6. The van der Waals surface area contributed by atoms with Crippen LogP contribution in [0.4, 0.5) is 13.2 Å². The van der Waals surface area contributed by atoms with Crippen molar-refractivity contribution in [1.82, 2.24) is 0 Å². The Morgan fingerprint density at radius 3 is 2.53 bits per heavy atom. The molecule has 15 heavy (non-hydrogen) atoms. The second-order valence-electron chi connectivity index (χ2n) is 2.76. The number of ether oxygens (including phenoxy) is 1. The molecule has 0 bridgehead atoms. The van der Waals surface area contributed by atoms with Crippen molar-refractivity contribution in [2.45, 2.75) is 13.5 Å². The molecule has 0 heterocycles. The molecule has 1 aromatic rings. The Hall–Kier alpha value is -1.72. The van der Waals surface area contributed by atoms with Gasteiger partial charge in [-0.15, -0.1) is 0 Å². The lowest BCUT2D eigenvalue weighted by atomic mass is 10.1. The van der Waals surface area contributed by atoms with Crippen LogP contribution in [0, 0.1) is 12.7 Å². The summed E-state index contributed by atoms with van der Waals surface area (Å²) in [6, 6.07) is 1.46. The highest BCUT2D eigenvalue weighted by molar-refractivity contribution is 5.90. The molecule has 0 atom stereocenters. The number of aromatic carboxylic acids is 1. The van der Waals surface area contributed by atoms with Crippen molar-refractivity contribution < 1.29 is 27.8 Å². The molecule has 0 saturated heterocycles. The fraction of sp³-hybridized carbons (Fsp3) is 0.222. The highest BCUT2D eigenvalue weighted by atomic mass is 19.3. The van der Waals surface area contributed by atoms with E-state index in [0.29, 0.717) is 6.07 Å². The van der Waals surface area contributed by atoms with Crippen LogP contribution in [0.25, 0.3) is 0 Å². The Morgan fingerprint density at radius 1 is 1.47 bits per heavy atom. The third-order valence-corrected chi connectivity index (χ3v) is 1.77. The summed E-state index contributed by atoms with van der Waals surface area (Å²) in [5.41, 5.74) is -0.435. The number of benzene rings is 1. The number of hydrogen-bond acceptors (Lipinski definition) is 2. The van der Waals surface area contributed by atoms with Crippen LogP contribution in [0.5, 0.6) is 5.75 Å². The van der Waals surface area contributed by atoms with Gasteiger partial charge in [-0.05, 0) is 13.0 Å². The van der Waals surface area contributed by atoms with Crippen LogP contribution in [0.1, 0.15) is 15.9 Å². The second kappa shape index (κ2) is 4.20. The Balaban J connectivity index is 3.22. The van der Waals surface area contributed by atoms with Gasteiger partial charge >= 0.3 is 12.6 Å². The van der Waals surface area contributed by atoms with Crippen molar-refractivity contribution in [3.63, 3.8) is 0 Å². The van der Waals surface area contributed by atoms with Crippen LogP contribution in [0.15, 0.2) is 12.1 Å². The van der Waals surface area contributed by atoms with Gasteiger partial charge < -0.3 is 9.84 Å². The third kappa shape index (κ3) is 2.61. The maximum absolute atomic E-state index is 12.8. The minimum absolute atomic E-state index is 0.0378. The molecule has 1 aromatic carbocycles. The fourth-order valence-electron chi connectivity index (χ4n) is 1.09. The van der Waals surface area contributed by atoms with Crippen LogP contribution in [-0.4, -0.2) is 17.7 Å². The standard InChI is InChI=1S/C9H7F3O3/c1-4-6(8(13)14)2-5(10)3-7(4)15-9(11)12/h2-3,9H,1H3,(H,13,14). The average molecular weight is 220 g/mol. The Bertz CT molecular complexity index is 390. The molecule has 6 heteroatoms. The van der Waals surface area contributed by atoms with E-state index in [-0.39, 0.29) is 5.56 Å². The zero-order chi connectivity index (χ0) is 11.6. The van der Waals surface area contributed by atoms with Crippen molar-refractivity contribution >= 4 is 5.97 Å². The molecule has 1 rings (SSSR count). The first-order valence-corrected chi connectivity index (χ1v) is 3.90. The van der Waals surface area contributed by atoms with Gasteiger partial charge in [-0.1, -0.05) is 0 Å². The van der Waals surface area contributed by atoms with Crippen LogP contribution in [0.3, 0.4) is 0 Å². The fourth-order valence-corrected chi connectivity index (χ4v) is 1.09. The summed E-state index contributed by atoms with van der Waals surface area (Å²) in [7, 11) is 0. The normalized spacial score (nSPS) is 10.5. The minimum Gasteiger partial charge on any atom is -0.478 e. The number of rotatable bonds is 3. The van der Waals surface area contributed by atoms with Crippen molar-refractivity contribution in [2.24, 2.45) is 0 Å². The van der Waals surface area contributed by atoms with Crippen LogP contribution in [-0.2, 0) is 0 Å². The predicted molar refractivity (Wildman–Crippen MR) is 44.7 cm³/mol. The molecule has 0 amide bonds. The molecular weight excluding hydrogens is 213 g/mol. The van der Waals surface area contributed by atoms with E-state index in [1.165, 1.54) is 6.92 Å². The highest BCUT2D eigenvalue weighted by Crippen LogP contribution is 2.25. The number of hydrogen-bond donors (Lipinski definition) is 1. The summed E-state index contributed by atoms with van der Waals surface area (Å²) in [5.74, 6) is -2.80. The first-order valence-electron chi connectivity index (χ1n) is 3.90. The van der Waals surface area contributed by atoms with Gasteiger partial charge in [0.2, 0.25) is 0 Å². The smallest absolute Gasteiger partial charge is 0.387 e. The molecule has 0 fully saturated rings. The molecule has 0 aliphatic carbocycles. The number of carboxylic acid groups (broad SMARTS) is 1. The summed E-state index contributed by atoms with van der Waals surface area (Å²) in [6.45, 7) is -1.85. The van der Waals surface area contributed by atoms with Gasteiger partial charge in [0.15, 0.2) is 0 Å². The number of alkyl halides is 2. The van der Waals surface area contributed by atoms with Gasteiger partial charge in [-0.2, -0.15) is 8.78 Å². The van der Waals surface area contributed by atoms with E-state index < -0.39 is 29.7 Å². The Labute approximate surface area is 83.1 Å². The van der Waals surface area contributed by atoms with Gasteiger partial charge in [-0.25, -0.2) is 9.18 Å². The molecule has 0 unspecified atom stereocenters. The van der Waals surface area contributed by atoms with E-state index in [0.717, 1.165) is 6.07 Å². The second-order valence-corrected chi connectivity index (χ2v) is 2.76. The zero-order valence-electron chi connectivity index (χ0n) is 7.63. The average Bonchev–Trinajstić information content (AvgIpc) is 2.09. The first kappa shape index (κ1) is 11.4.